The van der Waals surface area contributed by atoms with Crippen LogP contribution in [0.25, 0.3) is 11.1 Å². The van der Waals surface area contributed by atoms with Crippen LogP contribution in [0.15, 0.2) is 161 Å². The Bertz CT molecular complexity index is 2750. The Hall–Kier alpha value is -5.03. The Morgan fingerprint density at radius 1 is 0.533 bits per heavy atom. The molecule has 0 saturated heterocycles. The van der Waals surface area contributed by atoms with Gasteiger partial charge in [-0.2, -0.15) is 0 Å². The molecule has 3 aliphatic heterocycles. The van der Waals surface area contributed by atoms with Gasteiger partial charge in [-0.25, -0.2) is 0 Å². The van der Waals surface area contributed by atoms with E-state index in [1.54, 1.807) is 0 Å². The van der Waals surface area contributed by atoms with Crippen molar-refractivity contribution in [3.8, 4) is 11.1 Å². The summed E-state index contributed by atoms with van der Waals surface area (Å²) in [5.74, 6) is 0.603. The van der Waals surface area contributed by atoms with Crippen molar-refractivity contribution in [2.45, 2.75) is 100 Å². The highest BCUT2D eigenvalue weighted by atomic mass is 32.2. The van der Waals surface area contributed by atoms with Crippen molar-refractivity contribution in [1.29, 1.82) is 0 Å². The molecule has 1 nitrogen and oxygen atoms in total. The SMILES string of the molecule is CC(C)(C)c1ccc(N2c3cc4c(cc3B3c5cc(C(C)(C)C)ccc5Sc5cc(C6CCCCC6)cc2c53)[Si](c2ccccc2)(c2ccccc2)c2ccccc2-4)cc1. The molecular weight excluding hydrogens is 758 g/mol. The van der Waals surface area contributed by atoms with E-state index < -0.39 is 8.07 Å². The first-order chi connectivity index (χ1) is 29.0. The van der Waals surface area contributed by atoms with Gasteiger partial charge in [0.15, 0.2) is 8.07 Å². The van der Waals surface area contributed by atoms with Crippen LogP contribution in [-0.2, 0) is 10.8 Å². The van der Waals surface area contributed by atoms with Gasteiger partial charge in [-0.1, -0.05) is 193 Å². The van der Waals surface area contributed by atoms with Crippen molar-refractivity contribution >= 4 is 80.7 Å². The maximum absolute atomic E-state index is 2.73. The zero-order valence-electron chi connectivity index (χ0n) is 36.0. The Balaban J connectivity index is 1.26. The first-order valence-corrected chi connectivity index (χ1v) is 25.1. The lowest BCUT2D eigenvalue weighted by Crippen LogP contribution is -2.73. The average Bonchev–Trinajstić information content (AvgIpc) is 3.55. The van der Waals surface area contributed by atoms with Crippen molar-refractivity contribution in [2.75, 3.05) is 4.90 Å². The molecule has 4 heteroatoms. The summed E-state index contributed by atoms with van der Waals surface area (Å²) in [5, 5.41) is 5.90. The van der Waals surface area contributed by atoms with Crippen molar-refractivity contribution in [1.82, 2.24) is 0 Å². The standard InChI is InChI=1S/C56H54BNSSi/c1-55(2,3)39-26-29-41(30-27-39)58-48-35-45-44-24-16-17-25-52(44)60(42-20-12-8-13-21-42,43-22-14-9-15-23-43)53(45)36-46(48)57-47-34-40(56(4,5)6)28-31-50(47)59-51-33-38(32-49(58)54(51)57)37-18-10-7-11-19-37/h8-9,12-17,20-37H,7,10-11,18-19H2,1-6H3. The van der Waals surface area contributed by atoms with Crippen LogP contribution in [-0.4, -0.2) is 14.8 Å². The minimum atomic E-state index is -2.73. The van der Waals surface area contributed by atoms with E-state index in [-0.39, 0.29) is 17.5 Å². The number of anilines is 3. The van der Waals surface area contributed by atoms with Gasteiger partial charge in [-0.3, -0.25) is 0 Å². The molecule has 1 aliphatic carbocycles. The van der Waals surface area contributed by atoms with E-state index in [0.29, 0.717) is 5.92 Å². The van der Waals surface area contributed by atoms with Crippen LogP contribution in [0.3, 0.4) is 0 Å². The van der Waals surface area contributed by atoms with Gasteiger partial charge in [0.2, 0.25) is 6.71 Å². The topological polar surface area (TPSA) is 3.24 Å². The summed E-state index contributed by atoms with van der Waals surface area (Å²) in [6.45, 7) is 14.2. The second-order valence-electron chi connectivity index (χ2n) is 19.9. The van der Waals surface area contributed by atoms with Gasteiger partial charge < -0.3 is 4.90 Å². The van der Waals surface area contributed by atoms with Crippen LogP contribution in [0.5, 0.6) is 0 Å². The molecule has 4 aliphatic rings. The molecule has 0 amide bonds. The van der Waals surface area contributed by atoms with Crippen molar-refractivity contribution in [3.63, 3.8) is 0 Å². The fourth-order valence-electron chi connectivity index (χ4n) is 11.2. The van der Waals surface area contributed by atoms with Crippen molar-refractivity contribution < 1.29 is 0 Å². The minimum absolute atomic E-state index is 0.0360. The van der Waals surface area contributed by atoms with Gasteiger partial charge in [0.05, 0.1) is 0 Å². The van der Waals surface area contributed by atoms with E-state index in [1.807, 2.05) is 11.8 Å². The van der Waals surface area contributed by atoms with Crippen molar-refractivity contribution in [2.24, 2.45) is 0 Å². The molecule has 0 unspecified atom stereocenters. The van der Waals surface area contributed by atoms with Crippen LogP contribution in [0.1, 0.15) is 96.3 Å². The summed E-state index contributed by atoms with van der Waals surface area (Å²) in [6.07, 6.45) is 6.57. The van der Waals surface area contributed by atoms with E-state index in [9.17, 15) is 0 Å². The lowest BCUT2D eigenvalue weighted by Gasteiger charge is -2.42. The average molecular weight is 812 g/mol. The molecule has 1 fully saturated rings. The highest BCUT2D eigenvalue weighted by Gasteiger charge is 2.51. The van der Waals surface area contributed by atoms with E-state index in [2.05, 4.69) is 198 Å². The van der Waals surface area contributed by atoms with E-state index in [4.69, 9.17) is 0 Å². The van der Waals surface area contributed by atoms with Crippen LogP contribution in [0.4, 0.5) is 17.1 Å². The van der Waals surface area contributed by atoms with Crippen LogP contribution in [0, 0.1) is 0 Å². The van der Waals surface area contributed by atoms with Gasteiger partial charge in [0, 0.05) is 26.9 Å². The monoisotopic (exact) mass is 811 g/mol. The predicted octanol–water partition coefficient (Wildman–Crippen LogP) is 10.5. The number of hydrogen-bond acceptors (Lipinski definition) is 2. The molecule has 11 rings (SSSR count). The second kappa shape index (κ2) is 14.0. The molecular formula is C56H54BNSSi. The van der Waals surface area contributed by atoms with E-state index >= 15 is 0 Å². The first-order valence-electron chi connectivity index (χ1n) is 22.3. The number of benzene rings is 7. The summed E-state index contributed by atoms with van der Waals surface area (Å²) >= 11 is 2.02. The maximum atomic E-state index is 2.73. The molecule has 60 heavy (non-hydrogen) atoms. The minimum Gasteiger partial charge on any atom is -0.311 e. The fraction of sp³-hybridized carbons (Fsp3) is 0.250. The Labute approximate surface area is 363 Å². The lowest BCUT2D eigenvalue weighted by atomic mass is 9.34. The first kappa shape index (κ1) is 37.9. The van der Waals surface area contributed by atoms with Crippen LogP contribution >= 0.6 is 11.8 Å². The zero-order valence-corrected chi connectivity index (χ0v) is 37.8. The Morgan fingerprint density at radius 3 is 1.83 bits per heavy atom. The Morgan fingerprint density at radius 2 is 1.17 bits per heavy atom. The fourth-order valence-corrected chi connectivity index (χ4v) is 17.6. The third-order valence-corrected chi connectivity index (χ3v) is 20.3. The molecule has 1 saturated carbocycles. The molecule has 3 heterocycles. The third-order valence-electron chi connectivity index (χ3n) is 14.3. The molecule has 0 bridgehead atoms. The third kappa shape index (κ3) is 5.81. The largest absolute Gasteiger partial charge is 0.311 e. The van der Waals surface area contributed by atoms with Gasteiger partial charge in [-0.15, -0.1) is 0 Å². The molecule has 0 radical (unpaired) electrons. The number of hydrogen-bond donors (Lipinski definition) is 0. The summed E-state index contributed by atoms with van der Waals surface area (Å²) in [5.41, 5.74) is 15.5. The van der Waals surface area contributed by atoms with Crippen molar-refractivity contribution in [3.05, 3.63) is 168 Å². The Kier molecular flexibility index (Phi) is 8.86. The molecule has 296 valence electrons. The molecule has 0 spiro atoms. The summed E-state index contributed by atoms with van der Waals surface area (Å²) in [6, 6.07) is 60.0. The highest BCUT2D eigenvalue weighted by molar-refractivity contribution is 8.00. The summed E-state index contributed by atoms with van der Waals surface area (Å²) in [4.78, 5) is 5.52. The number of fused-ring (bicyclic) bond motifs is 7. The summed E-state index contributed by atoms with van der Waals surface area (Å²) in [7, 11) is -2.73. The van der Waals surface area contributed by atoms with Crippen LogP contribution in [0.2, 0.25) is 0 Å². The summed E-state index contributed by atoms with van der Waals surface area (Å²) < 4.78 is 0. The number of nitrogens with zero attached hydrogens (tertiary/aromatic N) is 1. The molecule has 0 atom stereocenters. The maximum Gasteiger partial charge on any atom is 0.249 e. The predicted molar refractivity (Wildman–Crippen MR) is 262 cm³/mol. The van der Waals surface area contributed by atoms with E-state index in [0.717, 1.165) is 0 Å². The number of rotatable bonds is 4. The van der Waals surface area contributed by atoms with Gasteiger partial charge >= 0.3 is 0 Å². The van der Waals surface area contributed by atoms with Crippen LogP contribution < -0.4 is 42.0 Å². The lowest BCUT2D eigenvalue weighted by molar-refractivity contribution is 0.443. The normalized spacial score (nSPS) is 16.4. The smallest absolute Gasteiger partial charge is 0.249 e. The zero-order chi connectivity index (χ0) is 41.0. The van der Waals surface area contributed by atoms with Gasteiger partial charge in [0.1, 0.15) is 0 Å². The molecule has 0 N–H and O–H groups in total. The highest BCUT2D eigenvalue weighted by Crippen LogP contribution is 2.46. The molecule has 0 aromatic heterocycles. The molecule has 7 aromatic rings. The quantitative estimate of drug-likeness (QED) is 0.163. The van der Waals surface area contributed by atoms with Gasteiger partial charge in [-0.05, 0) is 125 Å². The van der Waals surface area contributed by atoms with E-state index in [1.165, 1.54) is 124 Å². The molecule has 7 aromatic carbocycles. The van der Waals surface area contributed by atoms with Gasteiger partial charge in [0.25, 0.3) is 0 Å². The second-order valence-corrected chi connectivity index (χ2v) is 24.8.